The van der Waals surface area contributed by atoms with Gasteiger partial charge in [0.25, 0.3) is 0 Å². The van der Waals surface area contributed by atoms with Crippen LogP contribution in [-0.4, -0.2) is 6.61 Å². The minimum atomic E-state index is 0.740. The summed E-state index contributed by atoms with van der Waals surface area (Å²) in [6.07, 6.45) is 3.81. The van der Waals surface area contributed by atoms with Gasteiger partial charge in [0.1, 0.15) is 0 Å². The van der Waals surface area contributed by atoms with Gasteiger partial charge in [0.15, 0.2) is 0 Å². The molecule has 1 heteroatoms. The Hall–Kier alpha value is -0.0400. The van der Waals surface area contributed by atoms with Gasteiger partial charge in [-0.1, -0.05) is 13.3 Å². The molecule has 0 saturated carbocycles. The maximum absolute atomic E-state index is 5.15. The highest BCUT2D eigenvalue weighted by Crippen LogP contribution is 2.19. The minimum Gasteiger partial charge on any atom is -0.375 e. The van der Waals surface area contributed by atoms with Gasteiger partial charge in [0.05, 0.1) is 6.61 Å². The molecule has 1 saturated heterocycles. The first-order valence-corrected chi connectivity index (χ1v) is 3.38. The number of hydrogen-bond donors (Lipinski definition) is 0. The van der Waals surface area contributed by atoms with Gasteiger partial charge in [0.2, 0.25) is 0 Å². The topological polar surface area (TPSA) is 9.23 Å². The second-order valence-corrected chi connectivity index (χ2v) is 2.32. The van der Waals surface area contributed by atoms with Crippen molar-refractivity contribution in [2.24, 2.45) is 5.92 Å². The molecule has 1 radical (unpaired) electrons. The SMILES string of the molecule is CCC1[CH]OCCC1. The highest BCUT2D eigenvalue weighted by molar-refractivity contribution is 4.69. The first kappa shape index (κ1) is 6.09. The monoisotopic (exact) mass is 113 g/mol. The summed E-state index contributed by atoms with van der Waals surface area (Å²) in [5.74, 6) is 0.740. The molecule has 1 aliphatic heterocycles. The molecule has 0 aliphatic carbocycles. The molecule has 1 fully saturated rings. The van der Waals surface area contributed by atoms with Gasteiger partial charge in [-0.05, 0) is 18.8 Å². The van der Waals surface area contributed by atoms with Gasteiger partial charge < -0.3 is 4.74 Å². The predicted molar refractivity (Wildman–Crippen MR) is 33.3 cm³/mol. The molecule has 0 spiro atoms. The minimum absolute atomic E-state index is 0.740. The average Bonchev–Trinajstić information content (AvgIpc) is 1.90. The van der Waals surface area contributed by atoms with Crippen LogP contribution in [0.25, 0.3) is 0 Å². The van der Waals surface area contributed by atoms with Gasteiger partial charge in [-0.2, -0.15) is 0 Å². The van der Waals surface area contributed by atoms with E-state index in [9.17, 15) is 0 Å². The highest BCUT2D eigenvalue weighted by atomic mass is 16.5. The molecule has 1 heterocycles. The van der Waals surface area contributed by atoms with Crippen molar-refractivity contribution < 1.29 is 4.74 Å². The molecule has 1 unspecified atom stereocenters. The Kier molecular flexibility index (Phi) is 2.34. The molecular weight excluding hydrogens is 100 g/mol. The zero-order valence-corrected chi connectivity index (χ0v) is 5.39. The standard InChI is InChI=1S/C7H13O/c1-2-7-4-3-5-8-6-7/h6-7H,2-5H2,1H3. The van der Waals surface area contributed by atoms with Crippen molar-refractivity contribution in [2.75, 3.05) is 6.61 Å². The smallest absolute Gasteiger partial charge is 0.0867 e. The lowest BCUT2D eigenvalue weighted by atomic mass is 10.0. The summed E-state index contributed by atoms with van der Waals surface area (Å²) in [6, 6.07) is 0. The molecule has 1 aliphatic rings. The van der Waals surface area contributed by atoms with E-state index >= 15 is 0 Å². The largest absolute Gasteiger partial charge is 0.375 e. The molecule has 0 aromatic rings. The Morgan fingerprint density at radius 2 is 2.62 bits per heavy atom. The maximum Gasteiger partial charge on any atom is 0.0867 e. The molecular formula is C7H13O. The van der Waals surface area contributed by atoms with Crippen LogP contribution in [-0.2, 0) is 4.74 Å². The van der Waals surface area contributed by atoms with Crippen molar-refractivity contribution in [3.63, 3.8) is 0 Å². The second-order valence-electron chi connectivity index (χ2n) is 2.32. The maximum atomic E-state index is 5.15. The first-order chi connectivity index (χ1) is 3.93. The van der Waals surface area contributed by atoms with Crippen molar-refractivity contribution in [2.45, 2.75) is 26.2 Å². The van der Waals surface area contributed by atoms with E-state index in [0.717, 1.165) is 12.5 Å². The van der Waals surface area contributed by atoms with Gasteiger partial charge in [0, 0.05) is 6.61 Å². The number of ether oxygens (including phenoxy) is 1. The van der Waals surface area contributed by atoms with Crippen LogP contribution in [0.2, 0.25) is 0 Å². The number of rotatable bonds is 1. The van der Waals surface area contributed by atoms with Crippen LogP contribution >= 0.6 is 0 Å². The molecule has 0 aromatic heterocycles. The van der Waals surface area contributed by atoms with Crippen LogP contribution in [0.1, 0.15) is 26.2 Å². The summed E-state index contributed by atoms with van der Waals surface area (Å²) in [5.41, 5.74) is 0. The van der Waals surface area contributed by atoms with E-state index in [1.165, 1.54) is 19.3 Å². The van der Waals surface area contributed by atoms with E-state index in [2.05, 4.69) is 6.92 Å². The van der Waals surface area contributed by atoms with Crippen molar-refractivity contribution in [3.05, 3.63) is 6.61 Å². The van der Waals surface area contributed by atoms with E-state index in [0.29, 0.717) is 0 Å². The molecule has 0 bridgehead atoms. The zero-order chi connectivity index (χ0) is 5.82. The fourth-order valence-electron chi connectivity index (χ4n) is 1.00. The van der Waals surface area contributed by atoms with Crippen molar-refractivity contribution in [1.29, 1.82) is 0 Å². The molecule has 1 atom stereocenters. The molecule has 1 rings (SSSR count). The van der Waals surface area contributed by atoms with E-state index in [1.54, 1.807) is 0 Å². The van der Waals surface area contributed by atoms with E-state index in [4.69, 9.17) is 4.74 Å². The number of hydrogen-bond acceptors (Lipinski definition) is 1. The normalized spacial score (nSPS) is 30.4. The van der Waals surface area contributed by atoms with Crippen molar-refractivity contribution >= 4 is 0 Å². The Morgan fingerprint density at radius 1 is 1.75 bits per heavy atom. The lowest BCUT2D eigenvalue weighted by Gasteiger charge is -2.18. The molecule has 0 N–H and O–H groups in total. The molecule has 1 nitrogen and oxygen atoms in total. The summed E-state index contributed by atoms with van der Waals surface area (Å²) in [4.78, 5) is 0. The van der Waals surface area contributed by atoms with Crippen LogP contribution in [0, 0.1) is 12.5 Å². The van der Waals surface area contributed by atoms with Gasteiger partial charge in [-0.3, -0.25) is 0 Å². The lowest BCUT2D eigenvalue weighted by molar-refractivity contribution is 0.115. The van der Waals surface area contributed by atoms with Crippen LogP contribution in [0.4, 0.5) is 0 Å². The third kappa shape index (κ3) is 1.48. The van der Waals surface area contributed by atoms with Crippen LogP contribution in [0.3, 0.4) is 0 Å². The Labute approximate surface area is 51.0 Å². The lowest BCUT2D eigenvalue weighted by Crippen LogP contribution is -2.10. The first-order valence-electron chi connectivity index (χ1n) is 3.38. The summed E-state index contributed by atoms with van der Waals surface area (Å²) in [5, 5.41) is 0. The summed E-state index contributed by atoms with van der Waals surface area (Å²) < 4.78 is 5.15. The third-order valence-electron chi connectivity index (χ3n) is 1.65. The second kappa shape index (κ2) is 3.08. The van der Waals surface area contributed by atoms with E-state index < -0.39 is 0 Å². The molecule has 0 aromatic carbocycles. The highest BCUT2D eigenvalue weighted by Gasteiger charge is 2.10. The zero-order valence-electron chi connectivity index (χ0n) is 5.39. The fraction of sp³-hybridized carbons (Fsp3) is 0.857. The Balaban J connectivity index is 2.13. The van der Waals surface area contributed by atoms with Gasteiger partial charge in [-0.25, -0.2) is 0 Å². The van der Waals surface area contributed by atoms with Gasteiger partial charge >= 0.3 is 0 Å². The van der Waals surface area contributed by atoms with Crippen molar-refractivity contribution in [1.82, 2.24) is 0 Å². The van der Waals surface area contributed by atoms with Crippen LogP contribution < -0.4 is 0 Å². The quantitative estimate of drug-likeness (QED) is 0.505. The van der Waals surface area contributed by atoms with E-state index in [-0.39, 0.29) is 0 Å². The molecule has 47 valence electrons. The molecule has 8 heavy (non-hydrogen) atoms. The Morgan fingerprint density at radius 3 is 3.00 bits per heavy atom. The van der Waals surface area contributed by atoms with E-state index in [1.807, 2.05) is 6.61 Å². The molecule has 0 amide bonds. The summed E-state index contributed by atoms with van der Waals surface area (Å²) >= 11 is 0. The van der Waals surface area contributed by atoms with Crippen molar-refractivity contribution in [3.8, 4) is 0 Å². The van der Waals surface area contributed by atoms with Crippen LogP contribution in [0.15, 0.2) is 0 Å². The third-order valence-corrected chi connectivity index (χ3v) is 1.65. The summed E-state index contributed by atoms with van der Waals surface area (Å²) in [7, 11) is 0. The fourth-order valence-corrected chi connectivity index (χ4v) is 1.00. The van der Waals surface area contributed by atoms with Crippen LogP contribution in [0.5, 0.6) is 0 Å². The Bertz CT molecular complexity index is 55.4. The average molecular weight is 113 g/mol. The van der Waals surface area contributed by atoms with Gasteiger partial charge in [-0.15, -0.1) is 0 Å². The predicted octanol–water partition coefficient (Wildman–Crippen LogP) is 1.98. The summed E-state index contributed by atoms with van der Waals surface area (Å²) in [6.45, 7) is 5.13.